The average Bonchev–Trinajstić information content (AvgIpc) is 2.36. The van der Waals surface area contributed by atoms with Gasteiger partial charge in [-0.25, -0.2) is 0 Å². The van der Waals surface area contributed by atoms with Crippen LogP contribution in [0.5, 0.6) is 0 Å². The Morgan fingerprint density at radius 3 is 2.45 bits per heavy atom. The Labute approximate surface area is 128 Å². The van der Waals surface area contributed by atoms with Gasteiger partial charge in [-0.2, -0.15) is 0 Å². The highest BCUT2D eigenvalue weighted by Crippen LogP contribution is 2.37. The quantitative estimate of drug-likeness (QED) is 0.605. The van der Waals surface area contributed by atoms with Crippen LogP contribution < -0.4 is 4.90 Å². The van der Waals surface area contributed by atoms with Crippen LogP contribution in [0.4, 0.5) is 11.4 Å². The van der Waals surface area contributed by atoms with E-state index >= 15 is 0 Å². The zero-order valence-corrected chi connectivity index (χ0v) is 13.8. The lowest BCUT2D eigenvalue weighted by Gasteiger charge is -2.38. The van der Waals surface area contributed by atoms with Gasteiger partial charge >= 0.3 is 0 Å². The molecule has 1 aromatic rings. The van der Waals surface area contributed by atoms with Crippen molar-refractivity contribution in [1.29, 1.82) is 0 Å². The number of rotatable bonds is 3. The average molecular weight is 341 g/mol. The molecule has 0 unspecified atom stereocenters. The Morgan fingerprint density at radius 2 is 1.95 bits per heavy atom. The lowest BCUT2D eigenvalue weighted by atomic mass is 9.91. The number of benzene rings is 1. The van der Waals surface area contributed by atoms with Crippen LogP contribution in [0, 0.1) is 22.0 Å². The smallest absolute Gasteiger partial charge is 0.270 e. The zero-order valence-electron chi connectivity index (χ0n) is 12.2. The summed E-state index contributed by atoms with van der Waals surface area (Å²) in [5.41, 5.74) is 2.35. The fourth-order valence-corrected chi connectivity index (χ4v) is 3.95. The molecule has 0 saturated carbocycles. The maximum absolute atomic E-state index is 11.0. The molecule has 2 atom stereocenters. The number of piperidine rings is 1. The number of hydrogen-bond donors (Lipinski definition) is 0. The van der Waals surface area contributed by atoms with Crippen LogP contribution in [-0.2, 0) is 6.42 Å². The van der Waals surface area contributed by atoms with Gasteiger partial charge in [0.2, 0.25) is 0 Å². The summed E-state index contributed by atoms with van der Waals surface area (Å²) in [5.74, 6) is 1.32. The first-order valence-corrected chi connectivity index (χ1v) is 7.93. The van der Waals surface area contributed by atoms with Crippen molar-refractivity contribution in [3.63, 3.8) is 0 Å². The van der Waals surface area contributed by atoms with Gasteiger partial charge in [0, 0.05) is 29.7 Å². The molecule has 1 aromatic carbocycles. The van der Waals surface area contributed by atoms with Gasteiger partial charge in [0.1, 0.15) is 0 Å². The SMILES string of the molecule is CCc1cc([N+](=O)[O-])cc(Br)c1N1C[C@@H](C)C[C@H](C)C1. The highest BCUT2D eigenvalue weighted by molar-refractivity contribution is 9.10. The number of hydrogen-bond acceptors (Lipinski definition) is 3. The number of nitrogens with zero attached hydrogens (tertiary/aromatic N) is 2. The number of aryl methyl sites for hydroxylation is 1. The van der Waals surface area contributed by atoms with E-state index < -0.39 is 0 Å². The van der Waals surface area contributed by atoms with Crippen molar-refractivity contribution in [1.82, 2.24) is 0 Å². The molecule has 0 bridgehead atoms. The summed E-state index contributed by atoms with van der Waals surface area (Å²) >= 11 is 3.54. The number of non-ortho nitro benzene ring substituents is 1. The molecule has 1 saturated heterocycles. The predicted molar refractivity (Wildman–Crippen MR) is 85.3 cm³/mol. The highest BCUT2D eigenvalue weighted by Gasteiger charge is 2.26. The molecule has 1 fully saturated rings. The van der Waals surface area contributed by atoms with Crippen molar-refractivity contribution in [2.24, 2.45) is 11.8 Å². The molecule has 1 heterocycles. The normalized spacial score (nSPS) is 22.9. The van der Waals surface area contributed by atoms with Crippen molar-refractivity contribution in [2.75, 3.05) is 18.0 Å². The second-order valence-corrected chi connectivity index (χ2v) is 6.75. The van der Waals surface area contributed by atoms with E-state index in [1.807, 2.05) is 6.92 Å². The summed E-state index contributed by atoms with van der Waals surface area (Å²) in [5, 5.41) is 11.0. The van der Waals surface area contributed by atoms with Gasteiger partial charge in [0.15, 0.2) is 0 Å². The van der Waals surface area contributed by atoms with Crippen LogP contribution in [0.15, 0.2) is 16.6 Å². The molecule has 0 aliphatic carbocycles. The second kappa shape index (κ2) is 6.12. The molecular weight excluding hydrogens is 320 g/mol. The van der Waals surface area contributed by atoms with Crippen LogP contribution in [0.25, 0.3) is 0 Å². The molecule has 1 aliphatic heterocycles. The van der Waals surface area contributed by atoms with Gasteiger partial charge in [-0.3, -0.25) is 10.1 Å². The summed E-state index contributed by atoms with van der Waals surface area (Å²) in [7, 11) is 0. The summed E-state index contributed by atoms with van der Waals surface area (Å²) < 4.78 is 0.838. The van der Waals surface area contributed by atoms with Gasteiger partial charge in [0.25, 0.3) is 5.69 Å². The first-order valence-electron chi connectivity index (χ1n) is 7.14. The molecule has 1 aliphatic rings. The van der Waals surface area contributed by atoms with E-state index in [9.17, 15) is 10.1 Å². The Hall–Kier alpha value is -1.10. The molecule has 5 heteroatoms. The fraction of sp³-hybridized carbons (Fsp3) is 0.600. The largest absolute Gasteiger partial charge is 0.370 e. The van der Waals surface area contributed by atoms with Gasteiger partial charge in [-0.15, -0.1) is 0 Å². The van der Waals surface area contributed by atoms with E-state index in [4.69, 9.17) is 0 Å². The first kappa shape index (κ1) is 15.3. The number of halogens is 1. The molecule has 0 N–H and O–H groups in total. The molecule has 0 radical (unpaired) electrons. The Morgan fingerprint density at radius 1 is 1.35 bits per heavy atom. The molecule has 110 valence electrons. The molecule has 0 amide bonds. The van der Waals surface area contributed by atoms with E-state index in [0.29, 0.717) is 11.8 Å². The maximum Gasteiger partial charge on any atom is 0.270 e. The van der Waals surface area contributed by atoms with Gasteiger partial charge < -0.3 is 4.90 Å². The van der Waals surface area contributed by atoms with E-state index in [-0.39, 0.29) is 10.6 Å². The van der Waals surface area contributed by atoms with Crippen molar-refractivity contribution in [3.05, 3.63) is 32.3 Å². The van der Waals surface area contributed by atoms with Crippen LogP contribution in [0.3, 0.4) is 0 Å². The Kier molecular flexibility index (Phi) is 4.68. The standard InChI is InChI=1S/C15H21BrN2O2/c1-4-12-6-13(18(19)20)7-14(16)15(12)17-8-10(2)5-11(3)9-17/h6-7,10-11H,4-5,8-9H2,1-3H3/t10-,11-/m0/s1. The minimum absolute atomic E-state index is 0.163. The van der Waals surface area contributed by atoms with Crippen molar-refractivity contribution < 1.29 is 4.92 Å². The third-order valence-corrected chi connectivity index (χ3v) is 4.51. The van der Waals surface area contributed by atoms with Crippen molar-refractivity contribution in [3.8, 4) is 0 Å². The minimum atomic E-state index is -0.324. The lowest BCUT2D eigenvalue weighted by Crippen LogP contribution is -2.39. The van der Waals surface area contributed by atoms with Gasteiger partial charge in [0.05, 0.1) is 10.6 Å². The zero-order chi connectivity index (χ0) is 14.9. The van der Waals surface area contributed by atoms with Crippen LogP contribution >= 0.6 is 15.9 Å². The number of nitro groups is 1. The molecule has 0 spiro atoms. The molecule has 20 heavy (non-hydrogen) atoms. The van der Waals surface area contributed by atoms with E-state index in [1.165, 1.54) is 6.42 Å². The van der Waals surface area contributed by atoms with Gasteiger partial charge in [-0.05, 0) is 46.2 Å². The molecule has 2 rings (SSSR count). The predicted octanol–water partition coefficient (Wildman–Crippen LogP) is 4.40. The molecule has 0 aromatic heterocycles. The van der Waals surface area contributed by atoms with Crippen LogP contribution in [0.1, 0.15) is 32.8 Å². The third-order valence-electron chi connectivity index (χ3n) is 3.90. The fourth-order valence-electron chi connectivity index (χ4n) is 3.21. The first-order chi connectivity index (χ1) is 9.42. The third kappa shape index (κ3) is 3.14. The van der Waals surface area contributed by atoms with Crippen LogP contribution in [-0.4, -0.2) is 18.0 Å². The highest BCUT2D eigenvalue weighted by atomic mass is 79.9. The monoisotopic (exact) mass is 340 g/mol. The van der Waals surface area contributed by atoms with Crippen LogP contribution in [0.2, 0.25) is 0 Å². The molecular formula is C15H21BrN2O2. The Bertz CT molecular complexity index is 509. The Balaban J connectivity index is 2.42. The summed E-state index contributed by atoms with van der Waals surface area (Å²) in [6, 6.07) is 3.34. The summed E-state index contributed by atoms with van der Waals surface area (Å²) in [4.78, 5) is 13.0. The topological polar surface area (TPSA) is 46.4 Å². The van der Waals surface area contributed by atoms with Crippen molar-refractivity contribution >= 4 is 27.3 Å². The van der Waals surface area contributed by atoms with Crippen molar-refractivity contribution in [2.45, 2.75) is 33.6 Å². The molecule has 4 nitrogen and oxygen atoms in total. The number of anilines is 1. The lowest BCUT2D eigenvalue weighted by molar-refractivity contribution is -0.385. The maximum atomic E-state index is 11.0. The van der Waals surface area contributed by atoms with Gasteiger partial charge in [-0.1, -0.05) is 20.8 Å². The number of nitro benzene ring substituents is 1. The van der Waals surface area contributed by atoms with E-state index in [2.05, 4.69) is 34.7 Å². The minimum Gasteiger partial charge on any atom is -0.370 e. The summed E-state index contributed by atoms with van der Waals surface area (Å²) in [6.45, 7) is 8.63. The summed E-state index contributed by atoms with van der Waals surface area (Å²) in [6.07, 6.45) is 2.05. The van der Waals surface area contributed by atoms with E-state index in [1.54, 1.807) is 12.1 Å². The van der Waals surface area contributed by atoms with E-state index in [0.717, 1.165) is 35.2 Å². The second-order valence-electron chi connectivity index (χ2n) is 5.90.